The molecule has 0 aliphatic heterocycles. The van der Waals surface area contributed by atoms with Crippen molar-refractivity contribution in [1.82, 2.24) is 9.62 Å². The van der Waals surface area contributed by atoms with Gasteiger partial charge < -0.3 is 10.4 Å². The van der Waals surface area contributed by atoms with Gasteiger partial charge in [-0.1, -0.05) is 12.1 Å². The largest absolute Gasteiger partial charge is 0.478 e. The van der Waals surface area contributed by atoms with Crippen molar-refractivity contribution in [3.63, 3.8) is 0 Å². The Morgan fingerprint density at radius 1 is 1.30 bits per heavy atom. The van der Waals surface area contributed by atoms with Crippen LogP contribution < -0.4 is 5.32 Å². The molecule has 0 radical (unpaired) electrons. The molecule has 1 aromatic rings. The van der Waals surface area contributed by atoms with Crippen LogP contribution >= 0.6 is 0 Å². The number of carbonyl (C=O) groups excluding carboxylic acids is 1. The lowest BCUT2D eigenvalue weighted by Gasteiger charge is -2.17. The molecule has 1 amide bonds. The van der Waals surface area contributed by atoms with Crippen molar-refractivity contribution in [3.8, 4) is 0 Å². The summed E-state index contributed by atoms with van der Waals surface area (Å²) in [5.74, 6) is -1.79. The fraction of sp³-hybridized carbons (Fsp3) is 0.333. The second kappa shape index (κ2) is 6.49. The molecule has 0 saturated carbocycles. The van der Waals surface area contributed by atoms with Crippen molar-refractivity contribution in [3.05, 3.63) is 29.8 Å². The van der Waals surface area contributed by atoms with E-state index < -0.39 is 21.9 Å². The molecule has 0 aliphatic rings. The van der Waals surface area contributed by atoms with Crippen LogP contribution in [0.1, 0.15) is 17.3 Å². The van der Waals surface area contributed by atoms with Gasteiger partial charge in [0.25, 0.3) is 0 Å². The maximum Gasteiger partial charge on any atom is 0.337 e. The molecule has 7 nitrogen and oxygen atoms in total. The molecule has 0 saturated heterocycles. The summed E-state index contributed by atoms with van der Waals surface area (Å²) >= 11 is 0. The number of hydrogen-bond acceptors (Lipinski definition) is 4. The molecule has 0 heterocycles. The van der Waals surface area contributed by atoms with Gasteiger partial charge in [0.05, 0.1) is 17.0 Å². The summed E-state index contributed by atoms with van der Waals surface area (Å²) in [7, 11) is -2.81. The number of carboxylic acids is 1. The molecule has 110 valence electrons. The first kappa shape index (κ1) is 16.1. The number of amides is 1. The molecule has 1 rings (SSSR count). The highest BCUT2D eigenvalue weighted by atomic mass is 32.2. The fourth-order valence-electron chi connectivity index (χ4n) is 1.58. The number of rotatable bonds is 6. The van der Waals surface area contributed by atoms with E-state index in [1.807, 2.05) is 0 Å². The van der Waals surface area contributed by atoms with Crippen LogP contribution in [-0.4, -0.2) is 49.8 Å². The zero-order chi connectivity index (χ0) is 15.3. The second-order valence-corrected chi connectivity index (χ2v) is 6.03. The molecule has 0 unspecified atom stereocenters. The highest BCUT2D eigenvalue weighted by molar-refractivity contribution is 7.89. The van der Waals surface area contributed by atoms with E-state index in [9.17, 15) is 18.0 Å². The van der Waals surface area contributed by atoms with E-state index in [-0.39, 0.29) is 17.0 Å². The maximum absolute atomic E-state index is 12.3. The summed E-state index contributed by atoms with van der Waals surface area (Å²) in [6.45, 7) is 1.73. The molecule has 2 N–H and O–H groups in total. The molecular formula is C12H16N2O5S. The summed E-state index contributed by atoms with van der Waals surface area (Å²) in [5.41, 5.74) is -0.324. The van der Waals surface area contributed by atoms with Crippen molar-refractivity contribution in [2.24, 2.45) is 0 Å². The lowest BCUT2D eigenvalue weighted by atomic mass is 10.2. The van der Waals surface area contributed by atoms with Crippen LogP contribution in [0, 0.1) is 0 Å². The molecule has 0 atom stereocenters. The van der Waals surface area contributed by atoms with Gasteiger partial charge in [-0.15, -0.1) is 0 Å². The van der Waals surface area contributed by atoms with Gasteiger partial charge in [-0.3, -0.25) is 4.79 Å². The molecule has 0 aromatic heterocycles. The normalized spacial score (nSPS) is 11.3. The van der Waals surface area contributed by atoms with Crippen LogP contribution in [0.3, 0.4) is 0 Å². The average Bonchev–Trinajstić information content (AvgIpc) is 2.38. The number of carbonyl (C=O) groups is 2. The summed E-state index contributed by atoms with van der Waals surface area (Å²) in [6.07, 6.45) is 0. The van der Waals surface area contributed by atoms with E-state index in [1.54, 1.807) is 6.92 Å². The number of sulfonamides is 1. The van der Waals surface area contributed by atoms with Crippen molar-refractivity contribution in [2.45, 2.75) is 11.8 Å². The molecule has 20 heavy (non-hydrogen) atoms. The van der Waals surface area contributed by atoms with Gasteiger partial charge in [-0.2, -0.15) is 4.31 Å². The SMILES string of the molecule is CCNC(=O)CN(C)S(=O)(=O)c1ccccc1C(=O)O. The van der Waals surface area contributed by atoms with Crippen molar-refractivity contribution < 1.29 is 23.1 Å². The van der Waals surface area contributed by atoms with Crippen LogP contribution in [0.15, 0.2) is 29.2 Å². The van der Waals surface area contributed by atoms with Crippen LogP contribution in [0.2, 0.25) is 0 Å². The minimum absolute atomic E-state index is 0.324. The van der Waals surface area contributed by atoms with Gasteiger partial charge >= 0.3 is 5.97 Å². The summed E-state index contributed by atoms with van der Waals surface area (Å²) < 4.78 is 25.4. The second-order valence-electron chi connectivity index (χ2n) is 4.02. The lowest BCUT2D eigenvalue weighted by molar-refractivity contribution is -0.121. The third kappa shape index (κ3) is 3.55. The topological polar surface area (TPSA) is 104 Å². The monoisotopic (exact) mass is 300 g/mol. The van der Waals surface area contributed by atoms with Gasteiger partial charge in [0, 0.05) is 13.6 Å². The predicted molar refractivity (Wildman–Crippen MR) is 71.9 cm³/mol. The fourth-order valence-corrected chi connectivity index (χ4v) is 2.88. The predicted octanol–water partition coefficient (Wildman–Crippen LogP) is 0.141. The number of aromatic carboxylic acids is 1. The molecule has 0 spiro atoms. The van der Waals surface area contributed by atoms with Crippen LogP contribution in [0.5, 0.6) is 0 Å². The third-order valence-electron chi connectivity index (χ3n) is 2.55. The van der Waals surface area contributed by atoms with E-state index in [0.717, 1.165) is 4.31 Å². The molecule has 0 aliphatic carbocycles. The first-order valence-corrected chi connectivity index (χ1v) is 7.30. The lowest BCUT2D eigenvalue weighted by Crippen LogP contribution is -2.38. The van der Waals surface area contributed by atoms with E-state index in [2.05, 4.69) is 5.32 Å². The van der Waals surface area contributed by atoms with E-state index in [0.29, 0.717) is 6.54 Å². The quantitative estimate of drug-likeness (QED) is 0.778. The van der Waals surface area contributed by atoms with E-state index in [1.165, 1.54) is 31.3 Å². The van der Waals surface area contributed by atoms with Gasteiger partial charge in [0.2, 0.25) is 15.9 Å². The number of likely N-dealkylation sites (N-methyl/N-ethyl adjacent to an activating group) is 2. The van der Waals surface area contributed by atoms with Crippen molar-refractivity contribution >= 4 is 21.9 Å². The average molecular weight is 300 g/mol. The summed E-state index contributed by atoms with van der Waals surface area (Å²) in [6, 6.07) is 5.27. The highest BCUT2D eigenvalue weighted by Gasteiger charge is 2.27. The molecule has 0 fully saturated rings. The Hall–Kier alpha value is -1.93. The zero-order valence-corrected chi connectivity index (χ0v) is 12.0. The Morgan fingerprint density at radius 3 is 2.45 bits per heavy atom. The van der Waals surface area contributed by atoms with Gasteiger partial charge in [0.1, 0.15) is 0 Å². The number of nitrogens with one attached hydrogen (secondary N) is 1. The Bertz CT molecular complexity index is 612. The van der Waals surface area contributed by atoms with Crippen molar-refractivity contribution in [2.75, 3.05) is 20.1 Å². The number of nitrogens with zero attached hydrogens (tertiary/aromatic N) is 1. The summed E-state index contributed by atoms with van der Waals surface area (Å²) in [5, 5.41) is 11.5. The Balaban J connectivity index is 3.11. The standard InChI is InChI=1S/C12H16N2O5S/c1-3-13-11(15)8-14(2)20(18,19)10-7-5-4-6-9(10)12(16)17/h4-7H,3,8H2,1-2H3,(H,13,15)(H,16,17). The molecule has 0 bridgehead atoms. The Kier molecular flexibility index (Phi) is 5.23. The van der Waals surface area contributed by atoms with Gasteiger partial charge in [-0.25, -0.2) is 13.2 Å². The van der Waals surface area contributed by atoms with Crippen molar-refractivity contribution in [1.29, 1.82) is 0 Å². The first-order chi connectivity index (χ1) is 9.30. The third-order valence-corrected chi connectivity index (χ3v) is 4.41. The van der Waals surface area contributed by atoms with E-state index in [4.69, 9.17) is 5.11 Å². The van der Waals surface area contributed by atoms with Crippen LogP contribution in [0.25, 0.3) is 0 Å². The van der Waals surface area contributed by atoms with E-state index >= 15 is 0 Å². The smallest absolute Gasteiger partial charge is 0.337 e. The van der Waals surface area contributed by atoms with Crippen LogP contribution in [-0.2, 0) is 14.8 Å². The molecule has 1 aromatic carbocycles. The molecular weight excluding hydrogens is 284 g/mol. The van der Waals surface area contributed by atoms with Crippen LogP contribution in [0.4, 0.5) is 0 Å². The Morgan fingerprint density at radius 2 is 1.90 bits per heavy atom. The zero-order valence-electron chi connectivity index (χ0n) is 11.2. The number of hydrogen-bond donors (Lipinski definition) is 2. The molecule has 8 heteroatoms. The number of benzene rings is 1. The number of carboxylic acid groups (broad SMARTS) is 1. The minimum atomic E-state index is -4.04. The maximum atomic E-state index is 12.3. The van der Waals surface area contributed by atoms with Gasteiger partial charge in [0.15, 0.2) is 0 Å². The Labute approximate surface area is 117 Å². The van der Waals surface area contributed by atoms with Gasteiger partial charge in [-0.05, 0) is 19.1 Å². The highest BCUT2D eigenvalue weighted by Crippen LogP contribution is 2.19. The first-order valence-electron chi connectivity index (χ1n) is 5.86. The minimum Gasteiger partial charge on any atom is -0.478 e. The summed E-state index contributed by atoms with van der Waals surface area (Å²) in [4.78, 5) is 22.1.